The molecule has 0 aliphatic rings. The van der Waals surface area contributed by atoms with Gasteiger partial charge in [-0.3, -0.25) is 4.79 Å². The Morgan fingerprint density at radius 1 is 1.20 bits per heavy atom. The van der Waals surface area contributed by atoms with E-state index < -0.39 is 11.9 Å². The molecule has 4 nitrogen and oxygen atoms in total. The fourth-order valence-electron chi connectivity index (χ4n) is 0.887. The third-order valence-corrected chi connectivity index (χ3v) is 1.37. The summed E-state index contributed by atoms with van der Waals surface area (Å²) < 4.78 is 4.69. The Balaban J connectivity index is 0. The number of benzene rings is 1. The van der Waals surface area contributed by atoms with E-state index in [-0.39, 0.29) is 46.0 Å². The quantitative estimate of drug-likeness (QED) is 0.406. The number of esters is 1. The first kappa shape index (κ1) is 16.6. The summed E-state index contributed by atoms with van der Waals surface area (Å²) in [4.78, 5) is 21.2. The maximum Gasteiger partial charge on any atom is 0.339 e. The first-order chi connectivity index (χ1) is 6.11. The van der Waals surface area contributed by atoms with Crippen LogP contribution in [0.2, 0.25) is 0 Å². The lowest BCUT2D eigenvalue weighted by atomic mass is 10.2. The highest BCUT2D eigenvalue weighted by atomic mass is 27.0. The number of carboxylic acid groups (broad SMARTS) is 1. The van der Waals surface area contributed by atoms with E-state index in [0.717, 1.165) is 0 Å². The van der Waals surface area contributed by atoms with Crippen molar-refractivity contribution in [2.24, 2.45) is 0 Å². The molecule has 6 heteroatoms. The van der Waals surface area contributed by atoms with E-state index >= 15 is 0 Å². The topological polar surface area (TPSA) is 63.6 Å². The Labute approximate surface area is 109 Å². The Morgan fingerprint density at radius 2 is 1.73 bits per heavy atom. The minimum Gasteiger partial charge on any atom is -0.478 e. The van der Waals surface area contributed by atoms with Crippen molar-refractivity contribution in [3.63, 3.8) is 0 Å². The van der Waals surface area contributed by atoms with Gasteiger partial charge >= 0.3 is 11.9 Å². The molecule has 0 amide bonds. The maximum atomic E-state index is 10.6. The van der Waals surface area contributed by atoms with Crippen LogP contribution in [0.1, 0.15) is 17.3 Å². The van der Waals surface area contributed by atoms with Gasteiger partial charge in [0.05, 0.1) is 0 Å². The van der Waals surface area contributed by atoms with E-state index in [1.54, 1.807) is 12.1 Å². The molecular weight excluding hydrogens is 226 g/mol. The van der Waals surface area contributed by atoms with Crippen LogP contribution in [0.4, 0.5) is 0 Å². The van der Waals surface area contributed by atoms with Crippen LogP contribution in [0.3, 0.4) is 0 Å². The van der Waals surface area contributed by atoms with E-state index in [2.05, 4.69) is 4.74 Å². The third-order valence-electron chi connectivity index (χ3n) is 1.37. The Hall–Kier alpha value is -0.775. The SMILES string of the molecule is CC(=O)Oc1ccccc1C(=O)O.[AlH3].[AlH3]. The molecule has 0 saturated heterocycles. The van der Waals surface area contributed by atoms with Crippen LogP contribution in [0.25, 0.3) is 0 Å². The first-order valence-electron chi connectivity index (χ1n) is 3.62. The number of aromatic carboxylic acids is 1. The van der Waals surface area contributed by atoms with Crippen molar-refractivity contribution in [3.8, 4) is 5.75 Å². The molecule has 0 spiro atoms. The number of rotatable bonds is 2. The number of carbonyl (C=O) groups excluding carboxylic acids is 1. The van der Waals surface area contributed by atoms with Crippen LogP contribution in [0.15, 0.2) is 24.3 Å². The highest BCUT2D eigenvalue weighted by Gasteiger charge is 2.10. The van der Waals surface area contributed by atoms with Gasteiger partial charge in [-0.05, 0) is 12.1 Å². The number of hydrogen-bond donors (Lipinski definition) is 1. The van der Waals surface area contributed by atoms with Crippen molar-refractivity contribution in [3.05, 3.63) is 29.8 Å². The summed E-state index contributed by atoms with van der Waals surface area (Å²) in [6.45, 7) is 1.22. The average Bonchev–Trinajstić information content (AvgIpc) is 2.03. The molecule has 1 aromatic rings. The van der Waals surface area contributed by atoms with Gasteiger partial charge in [-0.2, -0.15) is 0 Å². The molecule has 0 radical (unpaired) electrons. The standard InChI is InChI=1S/C9H8O4.2Al.6H/c1-6(10)13-8-5-3-2-4-7(8)9(11)12;;;;;;;;/h2-5H,1H3,(H,11,12);;;;;;;;. The molecule has 1 N–H and O–H groups in total. The van der Waals surface area contributed by atoms with Gasteiger partial charge in [0, 0.05) is 6.92 Å². The van der Waals surface area contributed by atoms with Crippen LogP contribution in [-0.2, 0) is 4.79 Å². The van der Waals surface area contributed by atoms with Gasteiger partial charge in [0.1, 0.15) is 11.3 Å². The van der Waals surface area contributed by atoms with Crippen molar-refractivity contribution >= 4 is 46.7 Å². The van der Waals surface area contributed by atoms with Crippen molar-refractivity contribution in [2.75, 3.05) is 0 Å². The van der Waals surface area contributed by atoms with E-state index in [1.807, 2.05) is 0 Å². The van der Waals surface area contributed by atoms with E-state index in [1.165, 1.54) is 19.1 Å². The molecule has 0 atom stereocenters. The molecule has 80 valence electrons. The Morgan fingerprint density at radius 3 is 2.20 bits per heavy atom. The van der Waals surface area contributed by atoms with E-state index in [9.17, 15) is 9.59 Å². The van der Waals surface area contributed by atoms with Crippen LogP contribution in [0, 0.1) is 0 Å². The molecule has 15 heavy (non-hydrogen) atoms. The van der Waals surface area contributed by atoms with E-state index in [0.29, 0.717) is 0 Å². The average molecular weight is 240 g/mol. The van der Waals surface area contributed by atoms with Gasteiger partial charge in [-0.1, -0.05) is 12.1 Å². The molecule has 0 unspecified atom stereocenters. The molecule has 0 saturated carbocycles. The summed E-state index contributed by atoms with van der Waals surface area (Å²) in [6, 6.07) is 5.98. The molecule has 0 aliphatic heterocycles. The number of para-hydroxylation sites is 1. The number of carbonyl (C=O) groups is 2. The van der Waals surface area contributed by atoms with Gasteiger partial charge in [0.15, 0.2) is 34.7 Å². The second-order valence-corrected chi connectivity index (χ2v) is 2.39. The molecule has 0 aliphatic carbocycles. The number of hydrogen-bond acceptors (Lipinski definition) is 3. The molecule has 0 fully saturated rings. The van der Waals surface area contributed by atoms with Gasteiger partial charge < -0.3 is 9.84 Å². The minimum absolute atomic E-state index is 0. The molecule has 0 aromatic heterocycles. The molecule has 0 heterocycles. The second-order valence-electron chi connectivity index (χ2n) is 2.39. The third kappa shape index (κ3) is 5.02. The monoisotopic (exact) mass is 240 g/mol. The summed E-state index contributed by atoms with van der Waals surface area (Å²) in [5, 5.41) is 8.69. The van der Waals surface area contributed by atoms with Crippen molar-refractivity contribution < 1.29 is 19.4 Å². The zero-order valence-corrected chi connectivity index (χ0v) is 6.98. The largest absolute Gasteiger partial charge is 0.478 e. The zero-order chi connectivity index (χ0) is 9.84. The maximum absolute atomic E-state index is 10.6. The minimum atomic E-state index is -1.11. The lowest BCUT2D eigenvalue weighted by Crippen LogP contribution is -2.06. The Bertz CT molecular complexity index is 352. The summed E-state index contributed by atoms with van der Waals surface area (Å²) >= 11 is 0. The number of carboxylic acids is 1. The normalized spacial score (nSPS) is 8.07. The summed E-state index contributed by atoms with van der Waals surface area (Å²) in [7, 11) is 0. The van der Waals surface area contributed by atoms with E-state index in [4.69, 9.17) is 5.11 Å². The number of ether oxygens (including phenoxy) is 1. The van der Waals surface area contributed by atoms with Crippen molar-refractivity contribution in [1.82, 2.24) is 0 Å². The predicted molar refractivity (Wildman–Crippen MR) is 64.6 cm³/mol. The smallest absolute Gasteiger partial charge is 0.339 e. The second kappa shape index (κ2) is 7.51. The fraction of sp³-hybridized carbons (Fsp3) is 0.111. The zero-order valence-electron chi connectivity index (χ0n) is 6.98. The highest BCUT2D eigenvalue weighted by molar-refractivity contribution is 5.91. The molecule has 1 aromatic carbocycles. The van der Waals surface area contributed by atoms with Crippen LogP contribution < -0.4 is 4.74 Å². The lowest BCUT2D eigenvalue weighted by Gasteiger charge is -2.03. The predicted octanol–water partition coefficient (Wildman–Crippen LogP) is -1.06. The molecule has 1 rings (SSSR count). The van der Waals surface area contributed by atoms with Crippen LogP contribution >= 0.6 is 0 Å². The fourth-order valence-corrected chi connectivity index (χ4v) is 0.887. The highest BCUT2D eigenvalue weighted by Crippen LogP contribution is 2.17. The molecule has 0 bridgehead atoms. The summed E-state index contributed by atoms with van der Waals surface area (Å²) in [5.74, 6) is -1.58. The first-order valence-corrected chi connectivity index (χ1v) is 3.62. The van der Waals surface area contributed by atoms with Gasteiger partial charge in [0.25, 0.3) is 0 Å². The van der Waals surface area contributed by atoms with Crippen molar-refractivity contribution in [1.29, 1.82) is 0 Å². The summed E-state index contributed by atoms with van der Waals surface area (Å²) in [6.07, 6.45) is 0. The van der Waals surface area contributed by atoms with Crippen LogP contribution in [0.5, 0.6) is 5.75 Å². The van der Waals surface area contributed by atoms with Gasteiger partial charge in [0.2, 0.25) is 0 Å². The lowest BCUT2D eigenvalue weighted by molar-refractivity contribution is -0.131. The van der Waals surface area contributed by atoms with Crippen molar-refractivity contribution in [2.45, 2.75) is 6.92 Å². The van der Waals surface area contributed by atoms with Crippen LogP contribution in [-0.4, -0.2) is 51.8 Å². The van der Waals surface area contributed by atoms with Gasteiger partial charge in [-0.25, -0.2) is 4.79 Å². The summed E-state index contributed by atoms with van der Waals surface area (Å²) in [5.41, 5.74) is -0.0160. The molecular formula is C9H14Al2O4. The van der Waals surface area contributed by atoms with Gasteiger partial charge in [-0.15, -0.1) is 0 Å². The Kier molecular flexibility index (Phi) is 8.33.